The lowest BCUT2D eigenvalue weighted by Gasteiger charge is -2.20. The van der Waals surface area contributed by atoms with Crippen LogP contribution in [0.5, 0.6) is 5.75 Å². The number of rotatable bonds is 6. The number of benzene rings is 1. The minimum absolute atomic E-state index is 0.0853. The molecule has 2 nitrogen and oxygen atoms in total. The Morgan fingerprint density at radius 1 is 1.21 bits per heavy atom. The molecule has 0 radical (unpaired) electrons. The highest BCUT2D eigenvalue weighted by atomic mass is 32.2. The summed E-state index contributed by atoms with van der Waals surface area (Å²) in [5.41, 5.74) is 0.933. The van der Waals surface area contributed by atoms with E-state index in [1.165, 1.54) is 12.1 Å². The van der Waals surface area contributed by atoms with Crippen molar-refractivity contribution in [2.24, 2.45) is 0 Å². The second-order valence-corrected chi connectivity index (χ2v) is 5.27. The molecule has 0 aliphatic heterocycles. The second-order valence-electron chi connectivity index (χ2n) is 4.36. The minimum Gasteiger partial charge on any atom is -0.406 e. The van der Waals surface area contributed by atoms with Crippen molar-refractivity contribution in [1.82, 2.24) is 5.32 Å². The van der Waals surface area contributed by atoms with Gasteiger partial charge in [0.1, 0.15) is 5.75 Å². The van der Waals surface area contributed by atoms with Gasteiger partial charge >= 0.3 is 6.36 Å². The van der Waals surface area contributed by atoms with E-state index in [0.717, 1.165) is 11.3 Å². The molecule has 2 atom stereocenters. The van der Waals surface area contributed by atoms with Gasteiger partial charge in [-0.3, -0.25) is 0 Å². The van der Waals surface area contributed by atoms with Crippen LogP contribution >= 0.6 is 11.8 Å². The Hall–Kier alpha value is -0.880. The lowest BCUT2D eigenvalue weighted by molar-refractivity contribution is -0.274. The van der Waals surface area contributed by atoms with E-state index in [9.17, 15) is 13.2 Å². The zero-order chi connectivity index (χ0) is 14.5. The molecular formula is C13H18F3NOS. The molecule has 1 rings (SSSR count). The predicted octanol–water partition coefficient (Wildman–Crippen LogP) is 3.99. The zero-order valence-corrected chi connectivity index (χ0v) is 11.9. The van der Waals surface area contributed by atoms with Crippen LogP contribution in [-0.4, -0.2) is 24.4 Å². The molecule has 0 heterocycles. The van der Waals surface area contributed by atoms with Crippen molar-refractivity contribution in [3.8, 4) is 5.75 Å². The van der Waals surface area contributed by atoms with Crippen molar-refractivity contribution in [1.29, 1.82) is 0 Å². The Morgan fingerprint density at radius 2 is 1.79 bits per heavy atom. The van der Waals surface area contributed by atoms with E-state index in [0.29, 0.717) is 6.04 Å². The molecule has 2 unspecified atom stereocenters. The summed E-state index contributed by atoms with van der Waals surface area (Å²) in [6.07, 6.45) is -2.61. The third-order valence-corrected chi connectivity index (χ3v) is 3.40. The molecule has 0 amide bonds. The Labute approximate surface area is 115 Å². The molecule has 0 saturated heterocycles. The first-order valence-corrected chi connectivity index (χ1v) is 7.32. The Morgan fingerprint density at radius 3 is 2.26 bits per heavy atom. The van der Waals surface area contributed by atoms with E-state index in [1.807, 2.05) is 13.2 Å². The van der Waals surface area contributed by atoms with E-state index in [-0.39, 0.29) is 11.8 Å². The van der Waals surface area contributed by atoms with Gasteiger partial charge in [-0.1, -0.05) is 12.1 Å². The summed E-state index contributed by atoms with van der Waals surface area (Å²) in [5.74, 6) is 0.792. The van der Waals surface area contributed by atoms with E-state index in [2.05, 4.69) is 17.0 Å². The SMILES string of the molecule is CSCC(C)NC(C)c1ccc(OC(F)(F)F)cc1. The molecule has 0 aliphatic carbocycles. The number of thioether (sulfide) groups is 1. The smallest absolute Gasteiger partial charge is 0.406 e. The largest absolute Gasteiger partial charge is 0.573 e. The molecule has 19 heavy (non-hydrogen) atoms. The highest BCUT2D eigenvalue weighted by Crippen LogP contribution is 2.24. The number of alkyl halides is 3. The number of halogens is 3. The third kappa shape index (κ3) is 6.20. The van der Waals surface area contributed by atoms with Crippen molar-refractivity contribution in [3.63, 3.8) is 0 Å². The fraction of sp³-hybridized carbons (Fsp3) is 0.538. The molecule has 0 fully saturated rings. The first-order chi connectivity index (χ1) is 8.81. The highest BCUT2D eigenvalue weighted by molar-refractivity contribution is 7.98. The molecule has 0 aromatic heterocycles. The molecule has 0 spiro atoms. The number of hydrogen-bond acceptors (Lipinski definition) is 3. The summed E-state index contributed by atoms with van der Waals surface area (Å²) < 4.78 is 39.9. The van der Waals surface area contributed by atoms with Gasteiger partial charge in [0.2, 0.25) is 0 Å². The summed E-state index contributed by atoms with van der Waals surface area (Å²) >= 11 is 1.75. The third-order valence-electron chi connectivity index (χ3n) is 2.56. The Balaban J connectivity index is 2.60. The number of nitrogens with one attached hydrogen (secondary N) is 1. The molecule has 1 aromatic carbocycles. The molecule has 0 aliphatic rings. The van der Waals surface area contributed by atoms with Crippen molar-refractivity contribution in [2.45, 2.75) is 32.3 Å². The Bertz CT molecular complexity index is 380. The van der Waals surface area contributed by atoms with Gasteiger partial charge in [0.05, 0.1) is 0 Å². The number of hydrogen-bond donors (Lipinski definition) is 1. The van der Waals surface area contributed by atoms with Crippen LogP contribution in [0.4, 0.5) is 13.2 Å². The summed E-state index contributed by atoms with van der Waals surface area (Å²) in [7, 11) is 0. The van der Waals surface area contributed by atoms with Crippen LogP contribution in [0.25, 0.3) is 0 Å². The van der Waals surface area contributed by atoms with Crippen LogP contribution in [0.15, 0.2) is 24.3 Å². The lowest BCUT2D eigenvalue weighted by atomic mass is 10.1. The summed E-state index contributed by atoms with van der Waals surface area (Å²) in [6, 6.07) is 6.38. The predicted molar refractivity (Wildman–Crippen MR) is 72.5 cm³/mol. The van der Waals surface area contributed by atoms with Gasteiger partial charge < -0.3 is 10.1 Å². The van der Waals surface area contributed by atoms with Crippen LogP contribution in [0.2, 0.25) is 0 Å². The van der Waals surface area contributed by atoms with Crippen LogP contribution in [0.3, 0.4) is 0 Å². The standard InChI is InChI=1S/C13H18F3NOS/c1-9(8-19-3)17-10(2)11-4-6-12(7-5-11)18-13(14,15)16/h4-7,9-10,17H,8H2,1-3H3. The fourth-order valence-corrected chi connectivity index (χ4v) is 2.38. The molecule has 1 aromatic rings. The average Bonchev–Trinajstić information content (AvgIpc) is 2.27. The highest BCUT2D eigenvalue weighted by Gasteiger charge is 2.31. The van der Waals surface area contributed by atoms with E-state index < -0.39 is 6.36 Å². The van der Waals surface area contributed by atoms with E-state index in [1.54, 1.807) is 23.9 Å². The van der Waals surface area contributed by atoms with Crippen molar-refractivity contribution >= 4 is 11.8 Å². The van der Waals surface area contributed by atoms with Gasteiger partial charge in [0.25, 0.3) is 0 Å². The Kier molecular flexibility index (Phi) is 6.00. The molecule has 108 valence electrons. The molecule has 6 heteroatoms. The van der Waals surface area contributed by atoms with Gasteiger partial charge in [0.15, 0.2) is 0 Å². The van der Waals surface area contributed by atoms with Gasteiger partial charge in [-0.15, -0.1) is 13.2 Å². The van der Waals surface area contributed by atoms with E-state index in [4.69, 9.17) is 0 Å². The fourth-order valence-electron chi connectivity index (χ4n) is 1.78. The van der Waals surface area contributed by atoms with Crippen LogP contribution in [0, 0.1) is 0 Å². The van der Waals surface area contributed by atoms with Crippen LogP contribution in [0.1, 0.15) is 25.5 Å². The lowest BCUT2D eigenvalue weighted by Crippen LogP contribution is -2.30. The first kappa shape index (κ1) is 16.2. The normalized spacial score (nSPS) is 15.1. The zero-order valence-electron chi connectivity index (χ0n) is 11.1. The molecule has 0 bridgehead atoms. The van der Waals surface area contributed by atoms with Crippen LogP contribution < -0.4 is 10.1 Å². The van der Waals surface area contributed by atoms with Gasteiger partial charge in [-0.2, -0.15) is 11.8 Å². The average molecular weight is 293 g/mol. The maximum Gasteiger partial charge on any atom is 0.573 e. The second kappa shape index (κ2) is 7.05. The molecule has 1 N–H and O–H groups in total. The summed E-state index contributed by atoms with van der Waals surface area (Å²) in [6.45, 7) is 4.06. The molecular weight excluding hydrogens is 275 g/mol. The summed E-state index contributed by atoms with van der Waals surface area (Å²) in [4.78, 5) is 0. The van der Waals surface area contributed by atoms with Gasteiger partial charge in [-0.05, 0) is 37.8 Å². The summed E-state index contributed by atoms with van der Waals surface area (Å²) in [5, 5.41) is 3.38. The maximum atomic E-state index is 12.0. The van der Waals surface area contributed by atoms with Gasteiger partial charge in [-0.25, -0.2) is 0 Å². The topological polar surface area (TPSA) is 21.3 Å². The first-order valence-electron chi connectivity index (χ1n) is 5.92. The number of ether oxygens (including phenoxy) is 1. The van der Waals surface area contributed by atoms with Crippen molar-refractivity contribution in [3.05, 3.63) is 29.8 Å². The van der Waals surface area contributed by atoms with Crippen LogP contribution in [-0.2, 0) is 0 Å². The van der Waals surface area contributed by atoms with Crippen molar-refractivity contribution in [2.75, 3.05) is 12.0 Å². The van der Waals surface area contributed by atoms with E-state index >= 15 is 0 Å². The molecule has 0 saturated carbocycles. The maximum absolute atomic E-state index is 12.0. The van der Waals surface area contributed by atoms with Crippen molar-refractivity contribution < 1.29 is 17.9 Å². The minimum atomic E-state index is -4.64. The monoisotopic (exact) mass is 293 g/mol. The quantitative estimate of drug-likeness (QED) is 0.857. The van der Waals surface area contributed by atoms with Gasteiger partial charge in [0, 0.05) is 17.8 Å².